The maximum atomic E-state index is 6.60. The van der Waals surface area contributed by atoms with E-state index in [2.05, 4.69) is 0 Å². The highest BCUT2D eigenvalue weighted by molar-refractivity contribution is 6.33. The molecular formula is C16H16Cl2O. The zero-order valence-electron chi connectivity index (χ0n) is 11.2. The second kappa shape index (κ2) is 5.85. The van der Waals surface area contributed by atoms with Gasteiger partial charge in [-0.15, -0.1) is 11.6 Å². The minimum Gasteiger partial charge on any atom is -0.496 e. The third-order valence-corrected chi connectivity index (χ3v) is 4.14. The van der Waals surface area contributed by atoms with E-state index in [0.29, 0.717) is 5.02 Å². The van der Waals surface area contributed by atoms with Crippen molar-refractivity contribution in [2.24, 2.45) is 0 Å². The molecule has 0 aliphatic carbocycles. The van der Waals surface area contributed by atoms with E-state index in [-0.39, 0.29) is 5.38 Å². The summed E-state index contributed by atoms with van der Waals surface area (Å²) in [4.78, 5) is 0. The summed E-state index contributed by atoms with van der Waals surface area (Å²) in [7, 11) is 1.65. The SMILES string of the molecule is COc1ccc(C)cc1C(Cl)c1cccc(C)c1Cl. The second-order valence-electron chi connectivity index (χ2n) is 4.59. The summed E-state index contributed by atoms with van der Waals surface area (Å²) in [5.41, 5.74) is 4.02. The molecule has 0 saturated carbocycles. The first-order chi connectivity index (χ1) is 9.04. The molecule has 0 heterocycles. The van der Waals surface area contributed by atoms with E-state index in [9.17, 15) is 0 Å². The minimum absolute atomic E-state index is 0.317. The Morgan fingerprint density at radius 3 is 2.47 bits per heavy atom. The molecular weight excluding hydrogens is 279 g/mol. The van der Waals surface area contributed by atoms with Gasteiger partial charge < -0.3 is 4.74 Å². The van der Waals surface area contributed by atoms with Crippen molar-refractivity contribution >= 4 is 23.2 Å². The Kier molecular flexibility index (Phi) is 4.38. The molecule has 1 nitrogen and oxygen atoms in total. The van der Waals surface area contributed by atoms with Crippen LogP contribution in [0.25, 0.3) is 0 Å². The Hall–Kier alpha value is -1.18. The molecule has 0 N–H and O–H groups in total. The molecule has 0 saturated heterocycles. The molecule has 0 fully saturated rings. The summed E-state index contributed by atoms with van der Waals surface area (Å²) in [6, 6.07) is 11.9. The highest BCUT2D eigenvalue weighted by atomic mass is 35.5. The number of ether oxygens (including phenoxy) is 1. The molecule has 2 aromatic rings. The third-order valence-electron chi connectivity index (χ3n) is 3.15. The summed E-state index contributed by atoms with van der Waals surface area (Å²) >= 11 is 12.9. The van der Waals surface area contributed by atoms with Crippen LogP contribution in [0, 0.1) is 13.8 Å². The van der Waals surface area contributed by atoms with Gasteiger partial charge in [0.1, 0.15) is 5.75 Å². The van der Waals surface area contributed by atoms with Crippen molar-refractivity contribution in [3.8, 4) is 5.75 Å². The Morgan fingerprint density at radius 1 is 1.05 bits per heavy atom. The van der Waals surface area contributed by atoms with Crippen molar-refractivity contribution in [1.82, 2.24) is 0 Å². The molecule has 1 atom stereocenters. The molecule has 0 bridgehead atoms. The monoisotopic (exact) mass is 294 g/mol. The van der Waals surface area contributed by atoms with Gasteiger partial charge in [-0.25, -0.2) is 0 Å². The van der Waals surface area contributed by atoms with Crippen LogP contribution in [-0.2, 0) is 0 Å². The van der Waals surface area contributed by atoms with E-state index in [0.717, 1.165) is 28.0 Å². The number of rotatable bonds is 3. The van der Waals surface area contributed by atoms with E-state index in [1.54, 1.807) is 7.11 Å². The van der Waals surface area contributed by atoms with Gasteiger partial charge in [0.05, 0.1) is 12.5 Å². The maximum absolute atomic E-state index is 6.60. The lowest BCUT2D eigenvalue weighted by Crippen LogP contribution is -1.99. The lowest BCUT2D eigenvalue weighted by molar-refractivity contribution is 0.410. The van der Waals surface area contributed by atoms with Crippen LogP contribution in [0.4, 0.5) is 0 Å². The van der Waals surface area contributed by atoms with Crippen LogP contribution in [-0.4, -0.2) is 7.11 Å². The molecule has 0 aliphatic heterocycles. The smallest absolute Gasteiger partial charge is 0.123 e. The van der Waals surface area contributed by atoms with Crippen LogP contribution < -0.4 is 4.74 Å². The minimum atomic E-state index is -0.317. The number of alkyl halides is 1. The number of hydrogen-bond acceptors (Lipinski definition) is 1. The topological polar surface area (TPSA) is 9.23 Å². The van der Waals surface area contributed by atoms with Gasteiger partial charge in [0, 0.05) is 10.6 Å². The molecule has 2 rings (SSSR count). The van der Waals surface area contributed by atoms with Gasteiger partial charge in [-0.2, -0.15) is 0 Å². The summed E-state index contributed by atoms with van der Waals surface area (Å²) in [6.45, 7) is 4.01. The number of aryl methyl sites for hydroxylation is 2. The van der Waals surface area contributed by atoms with Crippen molar-refractivity contribution in [3.05, 3.63) is 63.7 Å². The lowest BCUT2D eigenvalue weighted by Gasteiger charge is -2.17. The van der Waals surface area contributed by atoms with Crippen molar-refractivity contribution in [2.45, 2.75) is 19.2 Å². The van der Waals surface area contributed by atoms with Crippen LogP contribution >= 0.6 is 23.2 Å². The lowest BCUT2D eigenvalue weighted by atomic mass is 10.00. The molecule has 0 amide bonds. The number of benzene rings is 2. The highest BCUT2D eigenvalue weighted by Gasteiger charge is 2.19. The van der Waals surface area contributed by atoms with E-state index in [1.165, 1.54) is 0 Å². The van der Waals surface area contributed by atoms with Gasteiger partial charge in [0.25, 0.3) is 0 Å². The van der Waals surface area contributed by atoms with Crippen LogP contribution in [0.2, 0.25) is 5.02 Å². The third kappa shape index (κ3) is 2.88. The molecule has 0 aliphatic rings. The summed E-state index contributed by atoms with van der Waals surface area (Å²) in [5.74, 6) is 0.781. The van der Waals surface area contributed by atoms with Crippen LogP contribution in [0.3, 0.4) is 0 Å². The number of methoxy groups -OCH3 is 1. The number of halogens is 2. The first kappa shape index (κ1) is 14.2. The normalized spacial score (nSPS) is 12.3. The van der Waals surface area contributed by atoms with Crippen molar-refractivity contribution in [2.75, 3.05) is 7.11 Å². The highest BCUT2D eigenvalue weighted by Crippen LogP contribution is 2.39. The first-order valence-corrected chi connectivity index (χ1v) is 6.89. The van der Waals surface area contributed by atoms with Crippen LogP contribution in [0.15, 0.2) is 36.4 Å². The zero-order chi connectivity index (χ0) is 14.0. The zero-order valence-corrected chi connectivity index (χ0v) is 12.7. The van der Waals surface area contributed by atoms with Gasteiger partial charge in [-0.1, -0.05) is 47.5 Å². The van der Waals surface area contributed by atoms with Crippen molar-refractivity contribution < 1.29 is 4.74 Å². The van der Waals surface area contributed by atoms with E-state index in [4.69, 9.17) is 27.9 Å². The summed E-state index contributed by atoms with van der Waals surface area (Å²) in [6.07, 6.45) is 0. The van der Waals surface area contributed by atoms with Gasteiger partial charge >= 0.3 is 0 Å². The largest absolute Gasteiger partial charge is 0.496 e. The second-order valence-corrected chi connectivity index (χ2v) is 5.40. The quantitative estimate of drug-likeness (QED) is 0.699. The fraction of sp³-hybridized carbons (Fsp3) is 0.250. The molecule has 2 aromatic carbocycles. The average Bonchev–Trinajstić information content (AvgIpc) is 2.41. The van der Waals surface area contributed by atoms with E-state index >= 15 is 0 Å². The number of hydrogen-bond donors (Lipinski definition) is 0. The van der Waals surface area contributed by atoms with E-state index < -0.39 is 0 Å². The molecule has 0 aromatic heterocycles. The van der Waals surface area contributed by atoms with Gasteiger partial charge in [0.2, 0.25) is 0 Å². The Labute approximate surface area is 124 Å². The molecule has 19 heavy (non-hydrogen) atoms. The van der Waals surface area contributed by atoms with Crippen molar-refractivity contribution in [1.29, 1.82) is 0 Å². The fourth-order valence-electron chi connectivity index (χ4n) is 2.09. The Balaban J connectivity index is 2.52. The Morgan fingerprint density at radius 2 is 1.79 bits per heavy atom. The molecule has 3 heteroatoms. The first-order valence-electron chi connectivity index (χ1n) is 6.08. The van der Waals surface area contributed by atoms with Gasteiger partial charge in [-0.05, 0) is 31.0 Å². The van der Waals surface area contributed by atoms with Crippen LogP contribution in [0.1, 0.15) is 27.6 Å². The van der Waals surface area contributed by atoms with Crippen LogP contribution in [0.5, 0.6) is 5.75 Å². The molecule has 0 spiro atoms. The molecule has 100 valence electrons. The van der Waals surface area contributed by atoms with E-state index in [1.807, 2.05) is 50.2 Å². The predicted molar refractivity (Wildman–Crippen MR) is 81.6 cm³/mol. The Bertz CT molecular complexity index is 593. The average molecular weight is 295 g/mol. The standard InChI is InChI=1S/C16H16Cl2O/c1-10-7-8-14(19-3)13(9-10)16(18)12-6-4-5-11(2)15(12)17/h4-9,16H,1-3H3. The maximum Gasteiger partial charge on any atom is 0.123 e. The van der Waals surface area contributed by atoms with Crippen molar-refractivity contribution in [3.63, 3.8) is 0 Å². The predicted octanol–water partition coefficient (Wildman–Crippen LogP) is 5.29. The fourth-order valence-corrected chi connectivity index (χ4v) is 2.73. The molecule has 1 unspecified atom stereocenters. The van der Waals surface area contributed by atoms with Gasteiger partial charge in [-0.3, -0.25) is 0 Å². The van der Waals surface area contributed by atoms with Gasteiger partial charge in [0.15, 0.2) is 0 Å². The molecule has 0 radical (unpaired) electrons. The summed E-state index contributed by atoms with van der Waals surface area (Å²) in [5, 5.41) is 0.397. The summed E-state index contributed by atoms with van der Waals surface area (Å²) < 4.78 is 5.39.